The number of nitrogens with zero attached hydrogens (tertiary/aromatic N) is 2. The SMILES string of the molecule is CCC1CCN(c2cccnc2)CCN1. The van der Waals surface area contributed by atoms with Crippen LogP contribution in [0.4, 0.5) is 5.69 Å². The third kappa shape index (κ3) is 2.69. The molecule has 2 rings (SSSR count). The van der Waals surface area contributed by atoms with Gasteiger partial charge >= 0.3 is 0 Å². The second-order valence-electron chi connectivity index (χ2n) is 4.05. The highest BCUT2D eigenvalue weighted by molar-refractivity contribution is 5.43. The van der Waals surface area contributed by atoms with Gasteiger partial charge in [0.25, 0.3) is 0 Å². The van der Waals surface area contributed by atoms with Gasteiger partial charge in [0, 0.05) is 31.9 Å². The molecule has 0 bridgehead atoms. The molecule has 0 aliphatic carbocycles. The molecule has 1 fully saturated rings. The van der Waals surface area contributed by atoms with E-state index >= 15 is 0 Å². The fourth-order valence-electron chi connectivity index (χ4n) is 2.08. The Kier molecular flexibility index (Phi) is 3.56. The molecule has 1 saturated heterocycles. The first kappa shape index (κ1) is 10.4. The van der Waals surface area contributed by atoms with Gasteiger partial charge in [-0.25, -0.2) is 0 Å². The van der Waals surface area contributed by atoms with E-state index in [-0.39, 0.29) is 0 Å². The Morgan fingerprint density at radius 3 is 3.20 bits per heavy atom. The van der Waals surface area contributed by atoms with Gasteiger partial charge in [-0.05, 0) is 25.0 Å². The number of hydrogen-bond acceptors (Lipinski definition) is 3. The van der Waals surface area contributed by atoms with Crippen LogP contribution in [0.5, 0.6) is 0 Å². The lowest BCUT2D eigenvalue weighted by atomic mass is 10.1. The van der Waals surface area contributed by atoms with Gasteiger partial charge < -0.3 is 10.2 Å². The summed E-state index contributed by atoms with van der Waals surface area (Å²) in [5.41, 5.74) is 1.25. The van der Waals surface area contributed by atoms with Gasteiger partial charge in [-0.1, -0.05) is 6.92 Å². The Morgan fingerprint density at radius 2 is 2.47 bits per heavy atom. The first-order valence-corrected chi connectivity index (χ1v) is 5.78. The van der Waals surface area contributed by atoms with Crippen LogP contribution in [0.1, 0.15) is 19.8 Å². The molecule has 1 aliphatic heterocycles. The largest absolute Gasteiger partial charge is 0.369 e. The highest BCUT2D eigenvalue weighted by Gasteiger charge is 2.14. The molecule has 1 N–H and O–H groups in total. The van der Waals surface area contributed by atoms with Gasteiger partial charge in [-0.2, -0.15) is 0 Å². The van der Waals surface area contributed by atoms with Crippen molar-refractivity contribution in [2.24, 2.45) is 0 Å². The summed E-state index contributed by atoms with van der Waals surface area (Å²) in [6, 6.07) is 4.83. The van der Waals surface area contributed by atoms with E-state index in [1.807, 2.05) is 18.5 Å². The molecule has 1 unspecified atom stereocenters. The summed E-state index contributed by atoms with van der Waals surface area (Å²) < 4.78 is 0. The molecule has 1 atom stereocenters. The molecule has 82 valence electrons. The quantitative estimate of drug-likeness (QED) is 0.796. The van der Waals surface area contributed by atoms with Gasteiger partial charge in [-0.15, -0.1) is 0 Å². The lowest BCUT2D eigenvalue weighted by Crippen LogP contribution is -2.30. The van der Waals surface area contributed by atoms with Crippen molar-refractivity contribution in [3.8, 4) is 0 Å². The second kappa shape index (κ2) is 5.12. The molecule has 3 nitrogen and oxygen atoms in total. The number of anilines is 1. The van der Waals surface area contributed by atoms with Crippen LogP contribution in [0.2, 0.25) is 0 Å². The van der Waals surface area contributed by atoms with Crippen molar-refractivity contribution in [1.29, 1.82) is 0 Å². The minimum atomic E-state index is 0.687. The maximum absolute atomic E-state index is 4.17. The van der Waals surface area contributed by atoms with Crippen molar-refractivity contribution in [3.63, 3.8) is 0 Å². The summed E-state index contributed by atoms with van der Waals surface area (Å²) in [6.45, 7) is 5.55. The normalized spacial score (nSPS) is 22.5. The van der Waals surface area contributed by atoms with Crippen LogP contribution in [0.25, 0.3) is 0 Å². The third-order valence-corrected chi connectivity index (χ3v) is 3.07. The molecule has 15 heavy (non-hydrogen) atoms. The molecule has 1 aromatic heterocycles. The van der Waals surface area contributed by atoms with E-state index in [9.17, 15) is 0 Å². The Balaban J connectivity index is 2.00. The first-order valence-electron chi connectivity index (χ1n) is 5.78. The van der Waals surface area contributed by atoms with E-state index in [0.717, 1.165) is 19.6 Å². The van der Waals surface area contributed by atoms with E-state index in [2.05, 4.69) is 28.2 Å². The lowest BCUT2D eigenvalue weighted by molar-refractivity contribution is 0.510. The predicted molar refractivity (Wildman–Crippen MR) is 63.1 cm³/mol. The van der Waals surface area contributed by atoms with E-state index in [4.69, 9.17) is 0 Å². The minimum Gasteiger partial charge on any atom is -0.369 e. The van der Waals surface area contributed by atoms with Crippen molar-refractivity contribution in [3.05, 3.63) is 24.5 Å². The summed E-state index contributed by atoms with van der Waals surface area (Å²) in [7, 11) is 0. The van der Waals surface area contributed by atoms with Gasteiger partial charge in [0.1, 0.15) is 0 Å². The zero-order valence-electron chi connectivity index (χ0n) is 9.32. The molecule has 0 spiro atoms. The number of aromatic nitrogens is 1. The Labute approximate surface area is 91.5 Å². The number of rotatable bonds is 2. The molecular weight excluding hydrogens is 186 g/mol. The lowest BCUT2D eigenvalue weighted by Gasteiger charge is -2.21. The average molecular weight is 205 g/mol. The van der Waals surface area contributed by atoms with Crippen LogP contribution in [0.3, 0.4) is 0 Å². The topological polar surface area (TPSA) is 28.2 Å². The van der Waals surface area contributed by atoms with E-state index in [1.165, 1.54) is 18.5 Å². The fourth-order valence-corrected chi connectivity index (χ4v) is 2.08. The van der Waals surface area contributed by atoms with E-state index in [0.29, 0.717) is 6.04 Å². The van der Waals surface area contributed by atoms with Gasteiger partial charge in [0.05, 0.1) is 11.9 Å². The summed E-state index contributed by atoms with van der Waals surface area (Å²) in [5.74, 6) is 0. The van der Waals surface area contributed by atoms with Gasteiger partial charge in [0.15, 0.2) is 0 Å². The van der Waals surface area contributed by atoms with Crippen molar-refractivity contribution >= 4 is 5.69 Å². The summed E-state index contributed by atoms with van der Waals surface area (Å²) in [6.07, 6.45) is 6.23. The van der Waals surface area contributed by atoms with Crippen molar-refractivity contribution in [1.82, 2.24) is 10.3 Å². The molecule has 2 heterocycles. The summed E-state index contributed by atoms with van der Waals surface area (Å²) in [5, 5.41) is 3.57. The van der Waals surface area contributed by atoms with Crippen molar-refractivity contribution in [2.75, 3.05) is 24.5 Å². The van der Waals surface area contributed by atoms with Crippen LogP contribution in [-0.4, -0.2) is 30.7 Å². The van der Waals surface area contributed by atoms with Crippen molar-refractivity contribution < 1.29 is 0 Å². The molecular formula is C12H19N3. The van der Waals surface area contributed by atoms with Crippen molar-refractivity contribution in [2.45, 2.75) is 25.8 Å². The smallest absolute Gasteiger partial charge is 0.0553 e. The van der Waals surface area contributed by atoms with E-state index in [1.54, 1.807) is 0 Å². The predicted octanol–water partition coefficient (Wildman–Crippen LogP) is 1.66. The number of hydrogen-bond donors (Lipinski definition) is 1. The van der Waals surface area contributed by atoms with Crippen LogP contribution in [0.15, 0.2) is 24.5 Å². The molecule has 0 aromatic carbocycles. The molecule has 0 saturated carbocycles. The Hall–Kier alpha value is -1.09. The third-order valence-electron chi connectivity index (χ3n) is 3.07. The molecule has 0 radical (unpaired) electrons. The van der Waals surface area contributed by atoms with Crippen LogP contribution in [-0.2, 0) is 0 Å². The number of nitrogens with one attached hydrogen (secondary N) is 1. The summed E-state index contributed by atoms with van der Waals surface area (Å²) >= 11 is 0. The highest BCUT2D eigenvalue weighted by Crippen LogP contribution is 2.14. The maximum atomic E-state index is 4.17. The highest BCUT2D eigenvalue weighted by atomic mass is 15.2. The average Bonchev–Trinajstić information content (AvgIpc) is 2.55. The van der Waals surface area contributed by atoms with Gasteiger partial charge in [-0.3, -0.25) is 4.98 Å². The molecule has 0 amide bonds. The van der Waals surface area contributed by atoms with Crippen LogP contribution < -0.4 is 10.2 Å². The molecule has 3 heteroatoms. The maximum Gasteiger partial charge on any atom is 0.0553 e. The first-order chi connectivity index (χ1) is 7.40. The monoisotopic (exact) mass is 205 g/mol. The minimum absolute atomic E-state index is 0.687. The fraction of sp³-hybridized carbons (Fsp3) is 0.583. The van der Waals surface area contributed by atoms with E-state index < -0.39 is 0 Å². The van der Waals surface area contributed by atoms with Crippen LogP contribution >= 0.6 is 0 Å². The van der Waals surface area contributed by atoms with Crippen LogP contribution in [0, 0.1) is 0 Å². The molecule has 1 aliphatic rings. The summed E-state index contributed by atoms with van der Waals surface area (Å²) in [4.78, 5) is 6.58. The Morgan fingerprint density at radius 1 is 1.53 bits per heavy atom. The second-order valence-corrected chi connectivity index (χ2v) is 4.05. The zero-order chi connectivity index (χ0) is 10.5. The molecule has 1 aromatic rings. The zero-order valence-corrected chi connectivity index (χ0v) is 9.32. The Bertz CT molecular complexity index is 286. The number of pyridine rings is 1. The standard InChI is InChI=1S/C12H19N3/c1-2-11-5-8-15(9-7-14-11)12-4-3-6-13-10-12/h3-4,6,10-11,14H,2,5,7-9H2,1H3. The van der Waals surface area contributed by atoms with Gasteiger partial charge in [0.2, 0.25) is 0 Å².